The molecule has 0 aromatic rings. The van der Waals surface area contributed by atoms with Gasteiger partial charge in [-0.05, 0) is 38.1 Å². The molecule has 0 bridgehead atoms. The van der Waals surface area contributed by atoms with Gasteiger partial charge in [0, 0.05) is 13.1 Å². The molecule has 3 heteroatoms. The van der Waals surface area contributed by atoms with Crippen molar-refractivity contribution in [3.05, 3.63) is 0 Å². The van der Waals surface area contributed by atoms with Crippen molar-refractivity contribution in [2.75, 3.05) is 19.6 Å². The van der Waals surface area contributed by atoms with Crippen molar-refractivity contribution < 1.29 is 4.79 Å². The molecule has 2 unspecified atom stereocenters. The monoisotopic (exact) mass is 254 g/mol. The number of piperidine rings is 1. The van der Waals surface area contributed by atoms with Crippen LogP contribution in [0, 0.1) is 11.8 Å². The largest absolute Gasteiger partial charge is 0.341 e. The molecule has 0 radical (unpaired) electrons. The number of amides is 1. The van der Waals surface area contributed by atoms with E-state index >= 15 is 0 Å². The van der Waals surface area contributed by atoms with Crippen LogP contribution in [0.15, 0.2) is 0 Å². The van der Waals surface area contributed by atoms with E-state index in [0.717, 1.165) is 32.5 Å². The Labute approximate surface area is 112 Å². The molecule has 0 aromatic carbocycles. The number of carbonyl (C=O) groups excluding carboxylic acids is 1. The predicted octanol–water partition coefficient (Wildman–Crippen LogP) is 2.66. The summed E-state index contributed by atoms with van der Waals surface area (Å²) >= 11 is 0. The number of hydrogen-bond donors (Lipinski definition) is 1. The van der Waals surface area contributed by atoms with Crippen molar-refractivity contribution in [2.24, 2.45) is 11.8 Å². The van der Waals surface area contributed by atoms with Gasteiger partial charge < -0.3 is 10.2 Å². The van der Waals surface area contributed by atoms with E-state index in [-0.39, 0.29) is 6.04 Å². The van der Waals surface area contributed by atoms with Gasteiger partial charge in [-0.2, -0.15) is 0 Å². The molecule has 1 rings (SSSR count). The second kappa shape index (κ2) is 7.78. The van der Waals surface area contributed by atoms with E-state index in [1.54, 1.807) is 0 Å². The number of nitrogens with zero attached hydrogens (tertiary/aromatic N) is 1. The molecule has 0 spiro atoms. The summed E-state index contributed by atoms with van der Waals surface area (Å²) in [5.74, 6) is 1.44. The lowest BCUT2D eigenvalue weighted by Crippen LogP contribution is -2.53. The van der Waals surface area contributed by atoms with Gasteiger partial charge in [0.1, 0.15) is 0 Å². The summed E-state index contributed by atoms with van der Waals surface area (Å²) in [6.45, 7) is 11.5. The zero-order valence-electron chi connectivity index (χ0n) is 12.5. The fourth-order valence-corrected chi connectivity index (χ4v) is 2.81. The molecule has 1 aliphatic rings. The van der Waals surface area contributed by atoms with Crippen molar-refractivity contribution in [1.29, 1.82) is 0 Å². The van der Waals surface area contributed by atoms with Crippen molar-refractivity contribution in [3.8, 4) is 0 Å². The standard InChI is InChI=1S/C15H30N2O/c1-5-13(6-2)11-17(7-3)15(18)14-12(4)9-8-10-16-14/h12-14,16H,5-11H2,1-4H3. The molecule has 1 amide bonds. The number of carbonyl (C=O) groups is 1. The maximum atomic E-state index is 12.6. The first-order chi connectivity index (χ1) is 8.63. The zero-order valence-corrected chi connectivity index (χ0v) is 12.5. The number of hydrogen-bond acceptors (Lipinski definition) is 2. The minimum absolute atomic E-state index is 0.0491. The van der Waals surface area contributed by atoms with E-state index in [4.69, 9.17) is 0 Å². The Kier molecular flexibility index (Phi) is 6.69. The summed E-state index contributed by atoms with van der Waals surface area (Å²) in [6, 6.07) is 0.0491. The molecule has 2 atom stereocenters. The third kappa shape index (κ3) is 3.98. The van der Waals surface area contributed by atoms with Gasteiger partial charge in [0.05, 0.1) is 6.04 Å². The summed E-state index contributed by atoms with van der Waals surface area (Å²) in [5, 5.41) is 3.40. The van der Waals surface area contributed by atoms with Gasteiger partial charge >= 0.3 is 0 Å². The highest BCUT2D eigenvalue weighted by Gasteiger charge is 2.30. The highest BCUT2D eigenvalue weighted by molar-refractivity contribution is 5.82. The summed E-state index contributed by atoms with van der Waals surface area (Å²) in [5.41, 5.74) is 0. The van der Waals surface area contributed by atoms with Crippen LogP contribution in [0.25, 0.3) is 0 Å². The first kappa shape index (κ1) is 15.5. The topological polar surface area (TPSA) is 32.3 Å². The molecule has 1 saturated heterocycles. The molecule has 1 heterocycles. The minimum Gasteiger partial charge on any atom is -0.341 e. The quantitative estimate of drug-likeness (QED) is 0.790. The smallest absolute Gasteiger partial charge is 0.239 e. The fourth-order valence-electron chi connectivity index (χ4n) is 2.81. The van der Waals surface area contributed by atoms with E-state index in [1.165, 1.54) is 12.8 Å². The second-order valence-electron chi connectivity index (χ2n) is 5.61. The molecular weight excluding hydrogens is 224 g/mol. The molecular formula is C15H30N2O. The molecule has 1 N–H and O–H groups in total. The fraction of sp³-hybridized carbons (Fsp3) is 0.933. The van der Waals surface area contributed by atoms with Gasteiger partial charge in [0.15, 0.2) is 0 Å². The Balaban J connectivity index is 2.60. The van der Waals surface area contributed by atoms with Crippen molar-refractivity contribution in [3.63, 3.8) is 0 Å². The lowest BCUT2D eigenvalue weighted by Gasteiger charge is -2.34. The Morgan fingerprint density at radius 3 is 2.50 bits per heavy atom. The highest BCUT2D eigenvalue weighted by Crippen LogP contribution is 2.19. The lowest BCUT2D eigenvalue weighted by atomic mass is 9.91. The van der Waals surface area contributed by atoms with Crippen LogP contribution < -0.4 is 5.32 Å². The van der Waals surface area contributed by atoms with Crippen LogP contribution in [0.1, 0.15) is 53.4 Å². The van der Waals surface area contributed by atoms with Crippen LogP contribution in [-0.4, -0.2) is 36.5 Å². The Morgan fingerprint density at radius 2 is 2.00 bits per heavy atom. The van der Waals surface area contributed by atoms with Crippen LogP contribution >= 0.6 is 0 Å². The Hall–Kier alpha value is -0.570. The Bertz CT molecular complexity index is 251. The summed E-state index contributed by atoms with van der Waals surface area (Å²) in [4.78, 5) is 14.6. The number of likely N-dealkylation sites (N-methyl/N-ethyl adjacent to an activating group) is 1. The minimum atomic E-state index is 0.0491. The van der Waals surface area contributed by atoms with E-state index in [0.29, 0.717) is 17.7 Å². The average Bonchev–Trinajstić information content (AvgIpc) is 2.40. The third-order valence-corrected chi connectivity index (χ3v) is 4.36. The predicted molar refractivity (Wildman–Crippen MR) is 76.5 cm³/mol. The van der Waals surface area contributed by atoms with E-state index in [1.807, 2.05) is 0 Å². The van der Waals surface area contributed by atoms with Gasteiger partial charge in [-0.15, -0.1) is 0 Å². The molecule has 3 nitrogen and oxygen atoms in total. The average molecular weight is 254 g/mol. The number of rotatable bonds is 6. The van der Waals surface area contributed by atoms with Gasteiger partial charge in [-0.1, -0.05) is 33.6 Å². The molecule has 0 aromatic heterocycles. The van der Waals surface area contributed by atoms with Crippen LogP contribution in [0.2, 0.25) is 0 Å². The van der Waals surface area contributed by atoms with Gasteiger partial charge in [-0.25, -0.2) is 0 Å². The van der Waals surface area contributed by atoms with Crippen LogP contribution in [0.4, 0.5) is 0 Å². The molecule has 0 saturated carbocycles. The van der Waals surface area contributed by atoms with Crippen molar-refractivity contribution in [1.82, 2.24) is 10.2 Å². The summed E-state index contributed by atoms with van der Waals surface area (Å²) in [7, 11) is 0. The van der Waals surface area contributed by atoms with Crippen LogP contribution in [0.5, 0.6) is 0 Å². The van der Waals surface area contributed by atoms with Gasteiger partial charge in [-0.3, -0.25) is 4.79 Å². The molecule has 0 aliphatic carbocycles. The second-order valence-corrected chi connectivity index (χ2v) is 5.61. The van der Waals surface area contributed by atoms with E-state index < -0.39 is 0 Å². The molecule has 18 heavy (non-hydrogen) atoms. The first-order valence-electron chi connectivity index (χ1n) is 7.66. The SMILES string of the molecule is CCC(CC)CN(CC)C(=O)C1NCCCC1C. The van der Waals surface area contributed by atoms with Crippen LogP contribution in [0.3, 0.4) is 0 Å². The van der Waals surface area contributed by atoms with Gasteiger partial charge in [0.2, 0.25) is 5.91 Å². The third-order valence-electron chi connectivity index (χ3n) is 4.36. The maximum Gasteiger partial charge on any atom is 0.239 e. The maximum absolute atomic E-state index is 12.6. The summed E-state index contributed by atoms with van der Waals surface area (Å²) in [6.07, 6.45) is 4.69. The van der Waals surface area contributed by atoms with E-state index in [2.05, 4.69) is 37.9 Å². The lowest BCUT2D eigenvalue weighted by molar-refractivity contribution is -0.135. The Morgan fingerprint density at radius 1 is 1.33 bits per heavy atom. The van der Waals surface area contributed by atoms with E-state index in [9.17, 15) is 4.79 Å². The zero-order chi connectivity index (χ0) is 13.5. The van der Waals surface area contributed by atoms with Crippen molar-refractivity contribution >= 4 is 5.91 Å². The normalized spacial score (nSPS) is 24.3. The first-order valence-corrected chi connectivity index (χ1v) is 7.66. The molecule has 1 fully saturated rings. The van der Waals surface area contributed by atoms with Crippen LogP contribution in [-0.2, 0) is 4.79 Å². The summed E-state index contributed by atoms with van der Waals surface area (Å²) < 4.78 is 0. The number of nitrogens with one attached hydrogen (secondary N) is 1. The van der Waals surface area contributed by atoms with Crippen molar-refractivity contribution in [2.45, 2.75) is 59.4 Å². The highest BCUT2D eigenvalue weighted by atomic mass is 16.2. The molecule has 106 valence electrons. The van der Waals surface area contributed by atoms with Gasteiger partial charge in [0.25, 0.3) is 0 Å². The molecule has 1 aliphatic heterocycles.